The van der Waals surface area contributed by atoms with Crippen LogP contribution in [-0.4, -0.2) is 17.6 Å². The van der Waals surface area contributed by atoms with Gasteiger partial charge in [0.05, 0.1) is 5.56 Å². The first-order valence-corrected chi connectivity index (χ1v) is 5.72. The molecule has 1 fully saturated rings. The van der Waals surface area contributed by atoms with E-state index < -0.39 is 11.9 Å². The topological polar surface area (TPSA) is 39.9 Å². The van der Waals surface area contributed by atoms with Crippen molar-refractivity contribution in [2.24, 2.45) is 0 Å². The molecule has 0 spiro atoms. The van der Waals surface area contributed by atoms with Crippen molar-refractivity contribution in [3.05, 3.63) is 23.4 Å². The first-order chi connectivity index (χ1) is 8.47. The van der Waals surface area contributed by atoms with E-state index in [1.807, 2.05) is 13.0 Å². The van der Waals surface area contributed by atoms with Crippen LogP contribution in [0.25, 0.3) is 0 Å². The second-order valence-electron chi connectivity index (χ2n) is 4.19. The third-order valence-electron chi connectivity index (χ3n) is 2.89. The van der Waals surface area contributed by atoms with Crippen LogP contribution in [0.5, 0.6) is 0 Å². The molecule has 0 amide bonds. The van der Waals surface area contributed by atoms with Gasteiger partial charge in [-0.3, -0.25) is 0 Å². The highest BCUT2D eigenvalue weighted by molar-refractivity contribution is 5.56. The van der Waals surface area contributed by atoms with Gasteiger partial charge in [0.25, 0.3) is 0 Å². The van der Waals surface area contributed by atoms with Gasteiger partial charge in [-0.25, -0.2) is 4.98 Å². The fourth-order valence-corrected chi connectivity index (χ4v) is 1.88. The smallest absolute Gasteiger partial charge is 0.353 e. The summed E-state index contributed by atoms with van der Waals surface area (Å²) < 4.78 is 37.9. The Kier molecular flexibility index (Phi) is 3.16. The first-order valence-electron chi connectivity index (χ1n) is 5.72. The SMILES string of the molecule is CCN(c1nc(C(F)(F)F)ccc1C#N)C1CC1. The van der Waals surface area contributed by atoms with Crippen molar-refractivity contribution in [1.82, 2.24) is 4.98 Å². The Balaban J connectivity index is 2.45. The van der Waals surface area contributed by atoms with Crippen molar-refractivity contribution in [2.75, 3.05) is 11.4 Å². The summed E-state index contributed by atoms with van der Waals surface area (Å²) in [4.78, 5) is 5.40. The minimum absolute atomic E-state index is 0.150. The lowest BCUT2D eigenvalue weighted by Gasteiger charge is -2.23. The highest BCUT2D eigenvalue weighted by atomic mass is 19.4. The molecule has 1 aliphatic rings. The molecule has 0 aliphatic heterocycles. The Hall–Kier alpha value is -1.77. The average molecular weight is 255 g/mol. The molecule has 18 heavy (non-hydrogen) atoms. The van der Waals surface area contributed by atoms with Gasteiger partial charge in [0.2, 0.25) is 0 Å². The molecule has 2 rings (SSSR count). The minimum atomic E-state index is -4.48. The third kappa shape index (κ3) is 2.40. The summed E-state index contributed by atoms with van der Waals surface area (Å²) in [6.45, 7) is 2.40. The highest BCUT2D eigenvalue weighted by Gasteiger charge is 2.35. The van der Waals surface area contributed by atoms with Crippen LogP contribution in [-0.2, 0) is 6.18 Å². The molecule has 1 heterocycles. The zero-order valence-corrected chi connectivity index (χ0v) is 9.83. The number of nitriles is 1. The van der Waals surface area contributed by atoms with Gasteiger partial charge in [0, 0.05) is 12.6 Å². The van der Waals surface area contributed by atoms with E-state index in [1.54, 1.807) is 4.90 Å². The molecule has 0 N–H and O–H groups in total. The van der Waals surface area contributed by atoms with Gasteiger partial charge >= 0.3 is 6.18 Å². The summed E-state index contributed by atoms with van der Waals surface area (Å²) in [5, 5.41) is 8.96. The second kappa shape index (κ2) is 4.48. The van der Waals surface area contributed by atoms with Gasteiger partial charge < -0.3 is 4.90 Å². The quantitative estimate of drug-likeness (QED) is 0.833. The summed E-state index contributed by atoms with van der Waals surface area (Å²) in [6.07, 6.45) is -2.60. The summed E-state index contributed by atoms with van der Waals surface area (Å²) in [7, 11) is 0. The lowest BCUT2D eigenvalue weighted by Crippen LogP contribution is -2.28. The molecule has 1 aliphatic carbocycles. The number of halogens is 3. The van der Waals surface area contributed by atoms with Crippen LogP contribution in [0.1, 0.15) is 31.0 Å². The zero-order valence-electron chi connectivity index (χ0n) is 9.83. The van der Waals surface area contributed by atoms with E-state index in [4.69, 9.17) is 5.26 Å². The van der Waals surface area contributed by atoms with Crippen molar-refractivity contribution in [3.63, 3.8) is 0 Å². The summed E-state index contributed by atoms with van der Waals surface area (Å²) in [5.41, 5.74) is -0.757. The van der Waals surface area contributed by atoms with Gasteiger partial charge in [-0.05, 0) is 31.9 Å². The van der Waals surface area contributed by atoms with Crippen molar-refractivity contribution in [1.29, 1.82) is 5.26 Å². The molecule has 0 saturated heterocycles. The number of hydrogen-bond donors (Lipinski definition) is 0. The van der Waals surface area contributed by atoms with E-state index in [-0.39, 0.29) is 17.4 Å². The predicted molar refractivity (Wildman–Crippen MR) is 60.0 cm³/mol. The zero-order chi connectivity index (χ0) is 13.3. The second-order valence-corrected chi connectivity index (χ2v) is 4.19. The molecule has 6 heteroatoms. The molecule has 0 aromatic carbocycles. The Morgan fingerprint density at radius 1 is 1.44 bits per heavy atom. The van der Waals surface area contributed by atoms with Crippen LogP contribution in [0.3, 0.4) is 0 Å². The molecule has 1 saturated carbocycles. The van der Waals surface area contributed by atoms with Gasteiger partial charge in [-0.2, -0.15) is 18.4 Å². The number of rotatable bonds is 3. The van der Waals surface area contributed by atoms with Crippen molar-refractivity contribution in [2.45, 2.75) is 32.0 Å². The average Bonchev–Trinajstić information content (AvgIpc) is 3.13. The van der Waals surface area contributed by atoms with Crippen molar-refractivity contribution in [3.8, 4) is 6.07 Å². The molecule has 0 bridgehead atoms. The fourth-order valence-electron chi connectivity index (χ4n) is 1.88. The molecule has 3 nitrogen and oxygen atoms in total. The van der Waals surface area contributed by atoms with E-state index in [9.17, 15) is 13.2 Å². The maximum absolute atomic E-state index is 12.6. The standard InChI is InChI=1S/C12H12F3N3/c1-2-18(9-4-5-9)11-8(7-16)3-6-10(17-11)12(13,14)15/h3,6,9H,2,4-5H2,1H3. The van der Waals surface area contributed by atoms with Crippen LogP contribution >= 0.6 is 0 Å². The molecule has 0 unspecified atom stereocenters. The third-order valence-corrected chi connectivity index (χ3v) is 2.89. The number of anilines is 1. The van der Waals surface area contributed by atoms with E-state index in [0.29, 0.717) is 6.54 Å². The van der Waals surface area contributed by atoms with E-state index in [2.05, 4.69) is 4.98 Å². The molecule has 96 valence electrons. The monoisotopic (exact) mass is 255 g/mol. The Bertz CT molecular complexity index is 486. The fraction of sp³-hybridized carbons (Fsp3) is 0.500. The van der Waals surface area contributed by atoms with E-state index in [0.717, 1.165) is 18.9 Å². The van der Waals surface area contributed by atoms with Gasteiger partial charge in [0.15, 0.2) is 0 Å². The van der Waals surface area contributed by atoms with E-state index in [1.165, 1.54) is 6.07 Å². The first kappa shape index (κ1) is 12.7. The Labute approximate surface area is 103 Å². The molecule has 0 atom stereocenters. The molecular formula is C12H12F3N3. The lowest BCUT2D eigenvalue weighted by molar-refractivity contribution is -0.141. The van der Waals surface area contributed by atoms with Gasteiger partial charge in [-0.1, -0.05) is 0 Å². The van der Waals surface area contributed by atoms with Crippen LogP contribution < -0.4 is 4.90 Å². The maximum Gasteiger partial charge on any atom is 0.433 e. The molecule has 1 aromatic rings. The van der Waals surface area contributed by atoms with Gasteiger partial charge in [-0.15, -0.1) is 0 Å². The number of hydrogen-bond acceptors (Lipinski definition) is 3. The molecule has 1 aromatic heterocycles. The predicted octanol–water partition coefficient (Wildman–Crippen LogP) is 2.96. The van der Waals surface area contributed by atoms with Crippen LogP contribution in [0.4, 0.5) is 19.0 Å². The minimum Gasteiger partial charge on any atom is -0.353 e. The largest absolute Gasteiger partial charge is 0.433 e. The molecular weight excluding hydrogens is 243 g/mol. The van der Waals surface area contributed by atoms with Crippen LogP contribution in [0.2, 0.25) is 0 Å². The lowest BCUT2D eigenvalue weighted by atomic mass is 10.2. The number of pyridine rings is 1. The van der Waals surface area contributed by atoms with Gasteiger partial charge in [0.1, 0.15) is 17.6 Å². The van der Waals surface area contributed by atoms with Crippen molar-refractivity contribution >= 4 is 5.82 Å². The van der Waals surface area contributed by atoms with Crippen LogP contribution in [0, 0.1) is 11.3 Å². The number of alkyl halides is 3. The van der Waals surface area contributed by atoms with Crippen molar-refractivity contribution < 1.29 is 13.2 Å². The Morgan fingerprint density at radius 3 is 2.56 bits per heavy atom. The number of aromatic nitrogens is 1. The Morgan fingerprint density at radius 2 is 2.11 bits per heavy atom. The van der Waals surface area contributed by atoms with E-state index >= 15 is 0 Å². The highest BCUT2D eigenvalue weighted by Crippen LogP contribution is 2.35. The summed E-state index contributed by atoms with van der Waals surface area (Å²) in [6, 6.07) is 4.16. The normalized spacial score (nSPS) is 15.3. The summed E-state index contributed by atoms with van der Waals surface area (Å²) >= 11 is 0. The van der Waals surface area contributed by atoms with Crippen LogP contribution in [0.15, 0.2) is 12.1 Å². The molecule has 0 radical (unpaired) electrons. The summed E-state index contributed by atoms with van der Waals surface area (Å²) in [5.74, 6) is 0.150. The number of nitrogens with zero attached hydrogens (tertiary/aromatic N) is 3. The maximum atomic E-state index is 12.6.